The number of carbonyl (C=O) groups excluding carboxylic acids is 2. The second-order valence-corrected chi connectivity index (χ2v) is 7.31. The fraction of sp³-hybridized carbons (Fsp3) is 0.632. The van der Waals surface area contributed by atoms with Gasteiger partial charge in [0.25, 0.3) is 0 Å². The minimum atomic E-state index is -0.848. The summed E-state index contributed by atoms with van der Waals surface area (Å²) in [6.45, 7) is 0.701. The van der Waals surface area contributed by atoms with E-state index in [1.165, 1.54) is 0 Å². The molecule has 2 amide bonds. The first-order chi connectivity index (χ1) is 12.5. The lowest BCUT2D eigenvalue weighted by molar-refractivity contribution is -0.144. The Labute approximate surface area is 152 Å². The van der Waals surface area contributed by atoms with Crippen molar-refractivity contribution in [2.75, 3.05) is 6.54 Å². The molecule has 26 heavy (non-hydrogen) atoms. The number of aliphatic carboxylic acids is 1. The smallest absolute Gasteiger partial charge is 0.308 e. The lowest BCUT2D eigenvalue weighted by atomic mass is 9.86. The summed E-state index contributed by atoms with van der Waals surface area (Å²) >= 11 is 0. The van der Waals surface area contributed by atoms with Crippen molar-refractivity contribution in [3.63, 3.8) is 0 Å². The van der Waals surface area contributed by atoms with Crippen LogP contribution in [0.25, 0.3) is 0 Å². The number of likely N-dealkylation sites (tertiary alicyclic amines) is 1. The Morgan fingerprint density at radius 3 is 2.69 bits per heavy atom. The molecule has 3 rings (SSSR count). The van der Waals surface area contributed by atoms with Gasteiger partial charge in [-0.15, -0.1) is 0 Å². The van der Waals surface area contributed by atoms with Crippen molar-refractivity contribution < 1.29 is 23.9 Å². The molecule has 1 aromatic heterocycles. The monoisotopic (exact) mass is 362 g/mol. The summed E-state index contributed by atoms with van der Waals surface area (Å²) in [5.74, 6) is -1.43. The van der Waals surface area contributed by atoms with Crippen LogP contribution in [0.15, 0.2) is 22.8 Å². The second-order valence-electron chi connectivity index (χ2n) is 7.31. The van der Waals surface area contributed by atoms with Crippen LogP contribution >= 0.6 is 0 Å². The Bertz CT molecular complexity index is 642. The van der Waals surface area contributed by atoms with Crippen molar-refractivity contribution in [1.82, 2.24) is 10.2 Å². The molecule has 2 heterocycles. The van der Waals surface area contributed by atoms with E-state index in [2.05, 4.69) is 5.32 Å². The number of carboxylic acids is 1. The molecule has 2 aliphatic rings. The summed E-state index contributed by atoms with van der Waals surface area (Å²) in [4.78, 5) is 38.1. The van der Waals surface area contributed by atoms with Gasteiger partial charge in [0.15, 0.2) is 0 Å². The number of furan rings is 1. The van der Waals surface area contributed by atoms with Crippen LogP contribution in [0.5, 0.6) is 0 Å². The van der Waals surface area contributed by atoms with Crippen LogP contribution in [0.4, 0.5) is 0 Å². The van der Waals surface area contributed by atoms with Crippen LogP contribution in [0.1, 0.15) is 50.7 Å². The van der Waals surface area contributed by atoms with Gasteiger partial charge in [0.05, 0.1) is 24.6 Å². The first kappa shape index (κ1) is 18.5. The number of hydrogen-bond acceptors (Lipinski definition) is 4. The molecule has 0 spiro atoms. The quantitative estimate of drug-likeness (QED) is 0.836. The maximum absolute atomic E-state index is 12.7. The fourth-order valence-corrected chi connectivity index (χ4v) is 3.94. The average Bonchev–Trinajstić information content (AvgIpc) is 3.20. The fourth-order valence-electron chi connectivity index (χ4n) is 3.94. The van der Waals surface area contributed by atoms with Crippen molar-refractivity contribution in [2.45, 2.75) is 57.5 Å². The highest BCUT2D eigenvalue weighted by Gasteiger charge is 2.37. The molecule has 3 unspecified atom stereocenters. The van der Waals surface area contributed by atoms with Crippen LogP contribution < -0.4 is 5.32 Å². The van der Waals surface area contributed by atoms with Gasteiger partial charge in [-0.1, -0.05) is 25.7 Å². The summed E-state index contributed by atoms with van der Waals surface area (Å²) in [5, 5.41) is 12.4. The number of carbonyl (C=O) groups is 3. The van der Waals surface area contributed by atoms with Gasteiger partial charge in [0.2, 0.25) is 11.8 Å². The summed E-state index contributed by atoms with van der Waals surface area (Å²) in [6.07, 6.45) is 6.90. The lowest BCUT2D eigenvalue weighted by Crippen LogP contribution is -2.46. The van der Waals surface area contributed by atoms with Gasteiger partial charge in [0.1, 0.15) is 5.76 Å². The third-order valence-electron chi connectivity index (χ3n) is 5.42. The highest BCUT2D eigenvalue weighted by molar-refractivity contribution is 5.89. The van der Waals surface area contributed by atoms with Crippen molar-refractivity contribution >= 4 is 17.8 Å². The predicted octanol–water partition coefficient (Wildman–Crippen LogP) is 2.17. The third-order valence-corrected chi connectivity index (χ3v) is 5.42. The van der Waals surface area contributed by atoms with E-state index in [9.17, 15) is 19.5 Å². The van der Waals surface area contributed by atoms with E-state index in [0.29, 0.717) is 31.7 Å². The first-order valence-electron chi connectivity index (χ1n) is 9.38. The highest BCUT2D eigenvalue weighted by atomic mass is 16.4. The maximum atomic E-state index is 12.7. The maximum Gasteiger partial charge on any atom is 0.308 e. The molecule has 142 valence electrons. The highest BCUT2D eigenvalue weighted by Crippen LogP contribution is 2.25. The Kier molecular flexibility index (Phi) is 5.96. The van der Waals surface area contributed by atoms with Gasteiger partial charge in [-0.3, -0.25) is 14.4 Å². The van der Waals surface area contributed by atoms with Crippen molar-refractivity contribution in [2.24, 2.45) is 11.8 Å². The van der Waals surface area contributed by atoms with E-state index in [-0.39, 0.29) is 24.3 Å². The Morgan fingerprint density at radius 1 is 1.23 bits per heavy atom. The molecule has 0 bridgehead atoms. The number of amides is 2. The summed E-state index contributed by atoms with van der Waals surface area (Å²) in [7, 11) is 0. The van der Waals surface area contributed by atoms with E-state index >= 15 is 0 Å². The summed E-state index contributed by atoms with van der Waals surface area (Å²) < 4.78 is 5.27. The average molecular weight is 362 g/mol. The zero-order valence-electron chi connectivity index (χ0n) is 14.9. The van der Waals surface area contributed by atoms with Crippen LogP contribution in [-0.2, 0) is 20.9 Å². The molecule has 3 atom stereocenters. The molecule has 1 aliphatic heterocycles. The molecule has 2 N–H and O–H groups in total. The van der Waals surface area contributed by atoms with Crippen LogP contribution in [0.2, 0.25) is 0 Å². The first-order valence-corrected chi connectivity index (χ1v) is 9.38. The number of hydrogen-bond donors (Lipinski definition) is 2. The molecule has 1 saturated heterocycles. The minimum absolute atomic E-state index is 0.0750. The van der Waals surface area contributed by atoms with Gasteiger partial charge in [0, 0.05) is 19.0 Å². The van der Waals surface area contributed by atoms with E-state index in [1.54, 1.807) is 23.3 Å². The zero-order chi connectivity index (χ0) is 18.5. The normalized spacial score (nSPS) is 27.0. The molecule has 1 aromatic rings. The van der Waals surface area contributed by atoms with Gasteiger partial charge in [-0.2, -0.15) is 0 Å². The van der Waals surface area contributed by atoms with Crippen LogP contribution in [-0.4, -0.2) is 40.4 Å². The van der Waals surface area contributed by atoms with Gasteiger partial charge < -0.3 is 19.7 Å². The van der Waals surface area contributed by atoms with E-state index < -0.39 is 17.8 Å². The summed E-state index contributed by atoms with van der Waals surface area (Å²) in [6, 6.07) is 3.21. The SMILES string of the molecule is O=C(NC1CCCCCCC1C(=O)O)C1CC(=O)N(Cc2ccco2)C1. The Balaban J connectivity index is 1.59. The molecular formula is C19H26N2O5. The third kappa shape index (κ3) is 4.45. The molecule has 2 fully saturated rings. The molecular weight excluding hydrogens is 336 g/mol. The van der Waals surface area contributed by atoms with Crippen LogP contribution in [0, 0.1) is 11.8 Å². The topological polar surface area (TPSA) is 99.8 Å². The standard InChI is InChI=1S/C19H26N2O5/c22-17-10-13(11-21(17)12-14-6-5-9-26-14)18(23)20-16-8-4-2-1-3-7-15(16)19(24)25/h5-6,9,13,15-16H,1-4,7-8,10-12H2,(H,20,23)(H,24,25). The van der Waals surface area contributed by atoms with E-state index in [4.69, 9.17) is 4.42 Å². The number of nitrogens with one attached hydrogen (secondary N) is 1. The molecule has 0 radical (unpaired) electrons. The second kappa shape index (κ2) is 8.38. The molecule has 1 saturated carbocycles. The molecule has 0 aromatic carbocycles. The Hall–Kier alpha value is -2.31. The number of rotatable bonds is 5. The van der Waals surface area contributed by atoms with Crippen molar-refractivity contribution in [3.05, 3.63) is 24.2 Å². The molecule has 7 nitrogen and oxygen atoms in total. The molecule has 7 heteroatoms. The zero-order valence-corrected chi connectivity index (χ0v) is 14.9. The van der Waals surface area contributed by atoms with Crippen molar-refractivity contribution in [1.29, 1.82) is 0 Å². The van der Waals surface area contributed by atoms with Crippen LogP contribution in [0.3, 0.4) is 0 Å². The van der Waals surface area contributed by atoms with Crippen molar-refractivity contribution in [3.8, 4) is 0 Å². The lowest BCUT2D eigenvalue weighted by Gasteiger charge is -2.28. The largest absolute Gasteiger partial charge is 0.481 e. The minimum Gasteiger partial charge on any atom is -0.481 e. The predicted molar refractivity (Wildman–Crippen MR) is 93.0 cm³/mol. The van der Waals surface area contributed by atoms with Gasteiger partial charge >= 0.3 is 5.97 Å². The number of nitrogens with zero attached hydrogens (tertiary/aromatic N) is 1. The van der Waals surface area contributed by atoms with Gasteiger partial charge in [-0.25, -0.2) is 0 Å². The number of carboxylic acid groups (broad SMARTS) is 1. The van der Waals surface area contributed by atoms with E-state index in [1.807, 2.05) is 0 Å². The molecule has 1 aliphatic carbocycles. The summed E-state index contributed by atoms with van der Waals surface area (Å²) in [5.41, 5.74) is 0. The van der Waals surface area contributed by atoms with E-state index in [0.717, 1.165) is 25.7 Å². The Morgan fingerprint density at radius 2 is 2.00 bits per heavy atom. The van der Waals surface area contributed by atoms with Gasteiger partial charge in [-0.05, 0) is 25.0 Å².